The summed E-state index contributed by atoms with van der Waals surface area (Å²) in [5, 5.41) is 26.3. The van der Waals surface area contributed by atoms with E-state index in [0.29, 0.717) is 5.82 Å². The fraction of sp³-hybridized carbons (Fsp3) is 0.444. The minimum Gasteiger partial charge on any atom is -0.384 e. The zero-order valence-corrected chi connectivity index (χ0v) is 34.4. The van der Waals surface area contributed by atoms with E-state index in [4.69, 9.17) is 22.0 Å². The molecule has 310 valence electrons. The number of H-pyrrole nitrogens is 1. The number of nitrogens with one attached hydrogen (secondary N) is 6. The SMILES string of the molecule is CC.CC.CCC1N=CC(=NC2N=CC(=NC)N2)N1.CCCC1=NC(CC2=NC(C)N=C2)N=C1.N=C1C=NC=N1.N=C1C=NC=N1.N=C1C=NC=N1.Nc1cnc[nH]1. The summed E-state index contributed by atoms with van der Waals surface area (Å²) in [6.45, 7) is 14.2. The van der Waals surface area contributed by atoms with Gasteiger partial charge in [-0.2, -0.15) is 0 Å². The molecule has 58 heavy (non-hydrogen) atoms. The van der Waals surface area contributed by atoms with Gasteiger partial charge in [-0.3, -0.25) is 46.2 Å². The van der Waals surface area contributed by atoms with E-state index in [1.165, 1.54) is 44.0 Å². The molecule has 7 aliphatic heterocycles. The van der Waals surface area contributed by atoms with Crippen molar-refractivity contribution >= 4 is 109 Å². The lowest BCUT2D eigenvalue weighted by Gasteiger charge is -2.07. The molecule has 8 rings (SSSR count). The Kier molecular flexibility index (Phi) is 25.6. The first-order valence-electron chi connectivity index (χ1n) is 18.7. The molecule has 1 aromatic rings. The molecular formula is C36H56N22. The Hall–Kier alpha value is -7.00. The van der Waals surface area contributed by atoms with Crippen molar-refractivity contribution in [3.05, 3.63) is 12.5 Å². The van der Waals surface area contributed by atoms with Crippen LogP contribution in [0.2, 0.25) is 0 Å². The number of amidine groups is 5. The van der Waals surface area contributed by atoms with E-state index in [0.717, 1.165) is 48.8 Å². The Labute approximate surface area is 339 Å². The number of aromatic nitrogens is 2. The quantitative estimate of drug-likeness (QED) is 0.225. The lowest BCUT2D eigenvalue weighted by Crippen LogP contribution is -2.31. The van der Waals surface area contributed by atoms with Crippen LogP contribution in [0.1, 0.15) is 74.1 Å². The van der Waals surface area contributed by atoms with Crippen LogP contribution in [0.4, 0.5) is 5.82 Å². The third-order valence-corrected chi connectivity index (χ3v) is 6.50. The molecule has 7 aliphatic rings. The normalized spacial score (nSPS) is 22.4. The lowest BCUT2D eigenvalue weighted by molar-refractivity contribution is 0.627. The Balaban J connectivity index is 0.000000360. The van der Waals surface area contributed by atoms with Gasteiger partial charge in [-0.25, -0.2) is 44.9 Å². The first kappa shape index (κ1) is 49.0. The summed E-state index contributed by atoms with van der Waals surface area (Å²) in [7, 11) is 1.71. The van der Waals surface area contributed by atoms with Gasteiger partial charge >= 0.3 is 0 Å². The number of aromatic amines is 1. The second kappa shape index (κ2) is 30.2. The lowest BCUT2D eigenvalue weighted by atomic mass is 10.2. The zero-order valence-electron chi connectivity index (χ0n) is 34.4. The van der Waals surface area contributed by atoms with Gasteiger partial charge in [0, 0.05) is 25.9 Å². The van der Waals surface area contributed by atoms with E-state index in [1.807, 2.05) is 47.0 Å². The van der Waals surface area contributed by atoms with Gasteiger partial charge < -0.3 is 21.4 Å². The summed E-state index contributed by atoms with van der Waals surface area (Å²) >= 11 is 0. The number of nitrogen functional groups attached to an aromatic ring is 1. The van der Waals surface area contributed by atoms with Crippen LogP contribution in [-0.4, -0.2) is 145 Å². The third kappa shape index (κ3) is 21.8. The highest BCUT2D eigenvalue weighted by molar-refractivity contribution is 6.35. The highest BCUT2D eigenvalue weighted by atomic mass is 15.3. The molecule has 0 radical (unpaired) electrons. The van der Waals surface area contributed by atoms with E-state index >= 15 is 0 Å². The van der Waals surface area contributed by atoms with E-state index in [2.05, 4.69) is 104 Å². The van der Waals surface area contributed by atoms with Crippen LogP contribution in [0.15, 0.2) is 82.4 Å². The summed E-state index contributed by atoms with van der Waals surface area (Å²) in [4.78, 5) is 61.4. The molecule has 4 unspecified atom stereocenters. The molecule has 0 fully saturated rings. The van der Waals surface area contributed by atoms with Crippen molar-refractivity contribution in [2.24, 2.45) is 69.9 Å². The number of anilines is 1. The van der Waals surface area contributed by atoms with Crippen molar-refractivity contribution in [1.82, 2.24) is 20.6 Å². The van der Waals surface area contributed by atoms with Crippen molar-refractivity contribution in [2.75, 3.05) is 12.8 Å². The standard InChI is InChI=1S/C11H16N4.C9H14N6.C3H5N3.3C3H3N3.2C2H6/c1-3-4-9-6-13-11(15-9)5-10-7-12-8(2)14-10;1-3-6-11-5-8(13-6)15-9-12-4-7(10-2)14-9;4*4-3-1-5-2-6-3;2*1-2/h6-8,11H,3-5H2,1-2H3;4-6,9H,3H2,1-2H3,(H,10,14)(H,13,15);1-2H,4H2,(H,5,6);3*1-2,4H;2*1-2H3. The van der Waals surface area contributed by atoms with Gasteiger partial charge in [0.15, 0.2) is 17.5 Å². The van der Waals surface area contributed by atoms with Crippen LogP contribution in [0.5, 0.6) is 0 Å². The summed E-state index contributed by atoms with van der Waals surface area (Å²) < 4.78 is 0. The molecule has 0 aliphatic carbocycles. The fourth-order valence-electron chi connectivity index (χ4n) is 4.02. The minimum atomic E-state index is -0.270. The molecule has 8 heterocycles. The predicted octanol–water partition coefficient (Wildman–Crippen LogP) is 3.95. The molecule has 22 nitrogen and oxygen atoms in total. The molecule has 0 spiro atoms. The predicted molar refractivity (Wildman–Crippen MR) is 246 cm³/mol. The van der Waals surface area contributed by atoms with Gasteiger partial charge in [0.1, 0.15) is 55.0 Å². The zero-order chi connectivity index (χ0) is 43.0. The Morgan fingerprint density at radius 3 is 1.66 bits per heavy atom. The highest BCUT2D eigenvalue weighted by Gasteiger charge is 2.17. The van der Waals surface area contributed by atoms with Crippen LogP contribution >= 0.6 is 0 Å². The number of imidazole rings is 1. The molecular weight excluding hydrogens is 741 g/mol. The van der Waals surface area contributed by atoms with Gasteiger partial charge in [-0.15, -0.1) is 0 Å². The molecule has 4 atom stereocenters. The number of rotatable bonds is 6. The first-order chi connectivity index (χ1) is 28.2. The van der Waals surface area contributed by atoms with Crippen molar-refractivity contribution in [3.8, 4) is 0 Å². The molecule has 0 saturated carbocycles. The van der Waals surface area contributed by atoms with Crippen molar-refractivity contribution in [2.45, 2.75) is 98.9 Å². The Morgan fingerprint density at radius 2 is 1.29 bits per heavy atom. The van der Waals surface area contributed by atoms with Crippen LogP contribution in [0, 0.1) is 16.2 Å². The molecule has 1 aromatic heterocycles. The monoisotopic (exact) mass is 797 g/mol. The molecule has 8 N–H and O–H groups in total. The van der Waals surface area contributed by atoms with E-state index in [1.54, 1.807) is 25.7 Å². The van der Waals surface area contributed by atoms with Crippen LogP contribution in [0.25, 0.3) is 0 Å². The summed E-state index contributed by atoms with van der Waals surface area (Å²) in [6, 6.07) is 0. The van der Waals surface area contributed by atoms with Gasteiger partial charge in [0.25, 0.3) is 0 Å². The summed E-state index contributed by atoms with van der Waals surface area (Å²) in [6.07, 6.45) is 22.4. The average molecular weight is 797 g/mol. The second-order valence-corrected chi connectivity index (χ2v) is 10.9. The fourth-order valence-corrected chi connectivity index (χ4v) is 4.02. The van der Waals surface area contributed by atoms with E-state index < -0.39 is 0 Å². The summed E-state index contributed by atoms with van der Waals surface area (Å²) in [5.41, 5.74) is 7.30. The van der Waals surface area contributed by atoms with E-state index in [-0.39, 0.29) is 42.3 Å². The molecule has 0 saturated heterocycles. The number of hydrogen-bond donors (Lipinski definition) is 7. The van der Waals surface area contributed by atoms with Crippen molar-refractivity contribution in [3.63, 3.8) is 0 Å². The first-order valence-corrected chi connectivity index (χ1v) is 18.7. The van der Waals surface area contributed by atoms with Gasteiger partial charge in [-0.05, 0) is 19.8 Å². The largest absolute Gasteiger partial charge is 0.384 e. The molecule has 22 heteroatoms. The van der Waals surface area contributed by atoms with Crippen LogP contribution < -0.4 is 16.4 Å². The number of aliphatic imine (C=N–C) groups is 14. The average Bonchev–Trinajstić information content (AvgIpc) is 4.07. The van der Waals surface area contributed by atoms with Gasteiger partial charge in [0.2, 0.25) is 6.29 Å². The maximum Gasteiger partial charge on any atom is 0.217 e. The maximum atomic E-state index is 6.70. The molecule has 0 amide bonds. The van der Waals surface area contributed by atoms with Crippen LogP contribution in [-0.2, 0) is 0 Å². The number of hydrogen-bond acceptors (Lipinski definition) is 16. The van der Waals surface area contributed by atoms with Gasteiger partial charge in [0.05, 0.1) is 55.0 Å². The highest BCUT2D eigenvalue weighted by Crippen LogP contribution is 2.12. The Bertz CT molecular complexity index is 1730. The van der Waals surface area contributed by atoms with Crippen molar-refractivity contribution < 1.29 is 0 Å². The van der Waals surface area contributed by atoms with Gasteiger partial charge in [-0.1, -0.05) is 48.0 Å². The maximum absolute atomic E-state index is 6.70. The Morgan fingerprint density at radius 1 is 0.707 bits per heavy atom. The molecule has 0 bridgehead atoms. The van der Waals surface area contributed by atoms with Crippen LogP contribution in [0.3, 0.4) is 0 Å². The third-order valence-electron chi connectivity index (χ3n) is 6.50. The second-order valence-electron chi connectivity index (χ2n) is 10.9. The topological polar surface area (TPSA) is 323 Å². The van der Waals surface area contributed by atoms with Crippen molar-refractivity contribution in [1.29, 1.82) is 16.2 Å². The summed E-state index contributed by atoms with van der Waals surface area (Å²) in [5.74, 6) is 2.83. The molecule has 0 aromatic carbocycles. The minimum absolute atomic E-state index is 0.0436. The number of nitrogens with two attached hydrogens (primary N) is 1. The smallest absolute Gasteiger partial charge is 0.217 e. The van der Waals surface area contributed by atoms with E-state index in [9.17, 15) is 0 Å². The number of nitrogens with zero attached hydrogens (tertiary/aromatic N) is 15.